The summed E-state index contributed by atoms with van der Waals surface area (Å²) >= 11 is 0. The van der Waals surface area contributed by atoms with Crippen molar-refractivity contribution in [1.82, 2.24) is 5.32 Å². The SMILES string of the molecule is COc1cccc(C2=NC(C(C)C)NC(c3ccccc3O)C2)c1. The zero-order chi connectivity index (χ0) is 17.1. The fourth-order valence-electron chi connectivity index (χ4n) is 3.03. The zero-order valence-electron chi connectivity index (χ0n) is 14.4. The molecule has 126 valence electrons. The van der Waals surface area contributed by atoms with Crippen LogP contribution in [0.25, 0.3) is 0 Å². The van der Waals surface area contributed by atoms with Crippen LogP contribution in [-0.2, 0) is 0 Å². The van der Waals surface area contributed by atoms with Crippen LogP contribution >= 0.6 is 0 Å². The lowest BCUT2D eigenvalue weighted by Crippen LogP contribution is -2.41. The van der Waals surface area contributed by atoms with Crippen molar-refractivity contribution < 1.29 is 9.84 Å². The molecule has 1 aliphatic rings. The molecule has 3 rings (SSSR count). The maximum Gasteiger partial charge on any atom is 0.120 e. The Kier molecular flexibility index (Phi) is 4.86. The second-order valence-corrected chi connectivity index (χ2v) is 6.48. The van der Waals surface area contributed by atoms with Crippen molar-refractivity contribution >= 4 is 5.71 Å². The standard InChI is InChI=1S/C20H24N2O2/c1-13(2)20-21-17(14-7-6-8-15(11-14)24-3)12-18(22-20)16-9-4-5-10-19(16)23/h4-11,13,18,20,22-23H,12H2,1-3H3. The molecule has 2 unspecified atom stereocenters. The van der Waals surface area contributed by atoms with Crippen LogP contribution in [0.5, 0.6) is 11.5 Å². The number of phenolic OH excluding ortho intramolecular Hbond substituents is 1. The summed E-state index contributed by atoms with van der Waals surface area (Å²) in [6, 6.07) is 15.5. The largest absolute Gasteiger partial charge is 0.508 e. The van der Waals surface area contributed by atoms with Crippen molar-refractivity contribution in [2.75, 3.05) is 7.11 Å². The van der Waals surface area contributed by atoms with E-state index < -0.39 is 0 Å². The first-order valence-corrected chi connectivity index (χ1v) is 8.33. The molecule has 0 aliphatic carbocycles. The van der Waals surface area contributed by atoms with Gasteiger partial charge in [-0.1, -0.05) is 44.2 Å². The van der Waals surface area contributed by atoms with Crippen molar-refractivity contribution in [2.24, 2.45) is 10.9 Å². The number of nitrogens with one attached hydrogen (secondary N) is 1. The van der Waals surface area contributed by atoms with E-state index in [4.69, 9.17) is 9.73 Å². The van der Waals surface area contributed by atoms with Gasteiger partial charge in [-0.25, -0.2) is 0 Å². The molecule has 0 saturated heterocycles. The van der Waals surface area contributed by atoms with Crippen LogP contribution in [0.3, 0.4) is 0 Å². The molecular weight excluding hydrogens is 300 g/mol. The Morgan fingerprint density at radius 1 is 1.17 bits per heavy atom. The maximum atomic E-state index is 10.2. The molecular formula is C20H24N2O2. The Hall–Kier alpha value is -2.33. The molecule has 2 atom stereocenters. The van der Waals surface area contributed by atoms with Crippen LogP contribution in [0.1, 0.15) is 37.4 Å². The number of hydrogen-bond acceptors (Lipinski definition) is 4. The molecule has 4 nitrogen and oxygen atoms in total. The van der Waals surface area contributed by atoms with Gasteiger partial charge in [0.2, 0.25) is 0 Å². The summed E-state index contributed by atoms with van der Waals surface area (Å²) in [4.78, 5) is 4.90. The van der Waals surface area contributed by atoms with E-state index in [9.17, 15) is 5.11 Å². The van der Waals surface area contributed by atoms with Gasteiger partial charge in [0.1, 0.15) is 17.7 Å². The quantitative estimate of drug-likeness (QED) is 0.896. The molecule has 0 saturated carbocycles. The zero-order valence-corrected chi connectivity index (χ0v) is 14.4. The van der Waals surface area contributed by atoms with Crippen LogP contribution in [0, 0.1) is 5.92 Å². The van der Waals surface area contributed by atoms with E-state index in [2.05, 4.69) is 25.2 Å². The number of hydrogen-bond donors (Lipinski definition) is 2. The molecule has 0 radical (unpaired) electrons. The minimum atomic E-state index is 0.0181. The Labute approximate surface area is 143 Å². The second kappa shape index (κ2) is 7.05. The maximum absolute atomic E-state index is 10.2. The van der Waals surface area contributed by atoms with Crippen LogP contribution in [0.4, 0.5) is 0 Å². The van der Waals surface area contributed by atoms with E-state index in [-0.39, 0.29) is 12.2 Å². The third kappa shape index (κ3) is 3.44. The van der Waals surface area contributed by atoms with Crippen LogP contribution in [-0.4, -0.2) is 24.1 Å². The first kappa shape index (κ1) is 16.5. The number of para-hydroxylation sites is 1. The predicted octanol–water partition coefficient (Wildman–Crippen LogP) is 3.91. The summed E-state index contributed by atoms with van der Waals surface area (Å²) in [6.07, 6.45) is 0.748. The number of benzene rings is 2. The lowest BCUT2D eigenvalue weighted by Gasteiger charge is -2.32. The number of ether oxygens (including phenoxy) is 1. The average Bonchev–Trinajstić information content (AvgIpc) is 2.61. The van der Waals surface area contributed by atoms with Crippen molar-refractivity contribution in [3.8, 4) is 11.5 Å². The van der Waals surface area contributed by atoms with Gasteiger partial charge in [-0.3, -0.25) is 10.3 Å². The minimum absolute atomic E-state index is 0.0181. The molecule has 0 amide bonds. The van der Waals surface area contributed by atoms with Gasteiger partial charge >= 0.3 is 0 Å². The Bertz CT molecular complexity index is 740. The molecule has 0 spiro atoms. The Morgan fingerprint density at radius 2 is 1.96 bits per heavy atom. The van der Waals surface area contributed by atoms with Gasteiger partial charge in [0.05, 0.1) is 7.11 Å². The highest BCUT2D eigenvalue weighted by Crippen LogP contribution is 2.32. The Morgan fingerprint density at radius 3 is 2.67 bits per heavy atom. The van der Waals surface area contributed by atoms with E-state index in [1.54, 1.807) is 13.2 Å². The second-order valence-electron chi connectivity index (χ2n) is 6.48. The molecule has 1 aliphatic heterocycles. The van der Waals surface area contributed by atoms with E-state index >= 15 is 0 Å². The summed E-state index contributed by atoms with van der Waals surface area (Å²) in [5.41, 5.74) is 3.03. The van der Waals surface area contributed by atoms with Gasteiger partial charge < -0.3 is 9.84 Å². The fourth-order valence-corrected chi connectivity index (χ4v) is 3.03. The van der Waals surface area contributed by atoms with Crippen LogP contribution in [0.15, 0.2) is 53.5 Å². The van der Waals surface area contributed by atoms with Crippen molar-refractivity contribution in [1.29, 1.82) is 0 Å². The van der Waals surface area contributed by atoms with Gasteiger partial charge in [0, 0.05) is 23.7 Å². The van der Waals surface area contributed by atoms with Gasteiger partial charge in [-0.2, -0.15) is 0 Å². The normalized spacial score (nSPS) is 20.8. The van der Waals surface area contributed by atoms with Crippen molar-refractivity contribution in [3.05, 3.63) is 59.7 Å². The van der Waals surface area contributed by atoms with Crippen LogP contribution in [0.2, 0.25) is 0 Å². The van der Waals surface area contributed by atoms with E-state index in [0.29, 0.717) is 11.7 Å². The predicted molar refractivity (Wildman–Crippen MR) is 96.8 cm³/mol. The van der Waals surface area contributed by atoms with Gasteiger partial charge in [0.25, 0.3) is 0 Å². The average molecular weight is 324 g/mol. The number of nitrogens with zero attached hydrogens (tertiary/aromatic N) is 1. The number of rotatable bonds is 4. The molecule has 0 fully saturated rings. The van der Waals surface area contributed by atoms with E-state index in [1.165, 1.54) is 0 Å². The summed E-state index contributed by atoms with van der Waals surface area (Å²) in [7, 11) is 1.67. The fraction of sp³-hybridized carbons (Fsp3) is 0.350. The lowest BCUT2D eigenvalue weighted by atomic mass is 9.93. The topological polar surface area (TPSA) is 53.8 Å². The molecule has 4 heteroatoms. The summed E-state index contributed by atoms with van der Waals surface area (Å²) in [5.74, 6) is 1.51. The minimum Gasteiger partial charge on any atom is -0.508 e. The molecule has 0 aromatic heterocycles. The summed E-state index contributed by atoms with van der Waals surface area (Å²) < 4.78 is 5.34. The highest BCUT2D eigenvalue weighted by molar-refractivity contribution is 6.01. The number of aliphatic imine (C=N–C) groups is 1. The number of aromatic hydroxyl groups is 1. The molecule has 1 heterocycles. The van der Waals surface area contributed by atoms with E-state index in [1.807, 2.05) is 36.4 Å². The lowest BCUT2D eigenvalue weighted by molar-refractivity contribution is 0.345. The van der Waals surface area contributed by atoms with Crippen molar-refractivity contribution in [2.45, 2.75) is 32.5 Å². The first-order valence-electron chi connectivity index (χ1n) is 8.33. The third-order valence-corrected chi connectivity index (χ3v) is 4.41. The number of phenols is 1. The molecule has 2 N–H and O–H groups in total. The molecule has 2 aromatic rings. The van der Waals surface area contributed by atoms with Gasteiger partial charge in [-0.15, -0.1) is 0 Å². The van der Waals surface area contributed by atoms with Gasteiger partial charge in [0.15, 0.2) is 0 Å². The number of methoxy groups -OCH3 is 1. The first-order chi connectivity index (χ1) is 11.6. The molecule has 2 aromatic carbocycles. The summed E-state index contributed by atoms with van der Waals surface area (Å²) in [5, 5.41) is 13.8. The molecule has 24 heavy (non-hydrogen) atoms. The Balaban J connectivity index is 1.97. The molecule has 0 bridgehead atoms. The van der Waals surface area contributed by atoms with Crippen molar-refractivity contribution in [3.63, 3.8) is 0 Å². The highest BCUT2D eigenvalue weighted by Gasteiger charge is 2.28. The van der Waals surface area contributed by atoms with Crippen LogP contribution < -0.4 is 10.1 Å². The smallest absolute Gasteiger partial charge is 0.120 e. The van der Waals surface area contributed by atoms with E-state index in [0.717, 1.165) is 29.0 Å². The monoisotopic (exact) mass is 324 g/mol. The van der Waals surface area contributed by atoms with Gasteiger partial charge in [-0.05, 0) is 29.7 Å². The highest BCUT2D eigenvalue weighted by atomic mass is 16.5. The summed E-state index contributed by atoms with van der Waals surface area (Å²) in [6.45, 7) is 4.30. The third-order valence-electron chi connectivity index (χ3n) is 4.41.